The largest absolute Gasteiger partial charge is 0.478 e. The minimum absolute atomic E-state index is 0.317. The van der Waals surface area contributed by atoms with Gasteiger partial charge in [-0.1, -0.05) is 43.7 Å². The van der Waals surface area contributed by atoms with Crippen LogP contribution in [0.5, 0.6) is 0 Å². The minimum Gasteiger partial charge on any atom is -0.478 e. The van der Waals surface area contributed by atoms with Crippen LogP contribution in [0.1, 0.15) is 48.4 Å². The SMILES string of the molecule is CCC=CCCc1nn(-c2cccc(Cl)c2)c(CC)c1C(=O)O. The van der Waals surface area contributed by atoms with Crippen molar-refractivity contribution in [2.45, 2.75) is 39.5 Å². The van der Waals surface area contributed by atoms with E-state index in [0.29, 0.717) is 34.8 Å². The molecule has 0 aliphatic heterocycles. The summed E-state index contributed by atoms with van der Waals surface area (Å²) in [5, 5.41) is 14.8. The van der Waals surface area contributed by atoms with Crippen LogP contribution in [0, 0.1) is 0 Å². The van der Waals surface area contributed by atoms with Crippen molar-refractivity contribution in [2.75, 3.05) is 0 Å². The molecule has 1 aromatic carbocycles. The van der Waals surface area contributed by atoms with E-state index in [0.717, 1.165) is 18.5 Å². The Hall–Kier alpha value is -2.07. The van der Waals surface area contributed by atoms with Crippen molar-refractivity contribution in [3.63, 3.8) is 0 Å². The smallest absolute Gasteiger partial charge is 0.339 e. The summed E-state index contributed by atoms with van der Waals surface area (Å²) < 4.78 is 1.70. The maximum absolute atomic E-state index is 11.7. The summed E-state index contributed by atoms with van der Waals surface area (Å²) in [6.45, 7) is 4.01. The van der Waals surface area contributed by atoms with Gasteiger partial charge < -0.3 is 5.11 Å². The third kappa shape index (κ3) is 4.02. The molecule has 0 saturated heterocycles. The van der Waals surface area contributed by atoms with Crippen molar-refractivity contribution in [1.29, 1.82) is 0 Å². The molecule has 0 saturated carbocycles. The van der Waals surface area contributed by atoms with E-state index in [4.69, 9.17) is 11.6 Å². The van der Waals surface area contributed by atoms with Crippen LogP contribution in [0.25, 0.3) is 5.69 Å². The normalized spacial score (nSPS) is 11.3. The van der Waals surface area contributed by atoms with Gasteiger partial charge in [0.1, 0.15) is 5.56 Å². The van der Waals surface area contributed by atoms with Gasteiger partial charge in [0, 0.05) is 5.02 Å². The Balaban J connectivity index is 2.46. The van der Waals surface area contributed by atoms with E-state index in [1.807, 2.05) is 19.1 Å². The highest BCUT2D eigenvalue weighted by Crippen LogP contribution is 2.23. The van der Waals surface area contributed by atoms with Gasteiger partial charge >= 0.3 is 5.97 Å². The number of hydrogen-bond donors (Lipinski definition) is 1. The van der Waals surface area contributed by atoms with Crippen LogP contribution in [0.15, 0.2) is 36.4 Å². The molecule has 0 bridgehead atoms. The number of hydrogen-bond acceptors (Lipinski definition) is 2. The van der Waals surface area contributed by atoms with Crippen LogP contribution in [0.3, 0.4) is 0 Å². The lowest BCUT2D eigenvalue weighted by Gasteiger charge is -2.06. The number of aryl methyl sites for hydroxylation is 1. The van der Waals surface area contributed by atoms with Crippen LogP contribution in [0.4, 0.5) is 0 Å². The van der Waals surface area contributed by atoms with Crippen molar-refractivity contribution in [2.24, 2.45) is 0 Å². The average molecular weight is 333 g/mol. The first-order valence-electron chi connectivity index (χ1n) is 7.83. The quantitative estimate of drug-likeness (QED) is 0.748. The van der Waals surface area contributed by atoms with Gasteiger partial charge in [-0.3, -0.25) is 0 Å². The molecule has 0 aliphatic rings. The molecule has 1 aromatic heterocycles. The van der Waals surface area contributed by atoms with Gasteiger partial charge in [0.2, 0.25) is 0 Å². The fraction of sp³-hybridized carbons (Fsp3) is 0.333. The highest BCUT2D eigenvalue weighted by molar-refractivity contribution is 6.30. The van der Waals surface area contributed by atoms with Crippen LogP contribution in [0.2, 0.25) is 5.02 Å². The second kappa shape index (κ2) is 7.97. The molecule has 0 aliphatic carbocycles. The molecule has 122 valence electrons. The Bertz CT molecular complexity index is 720. The first-order valence-corrected chi connectivity index (χ1v) is 8.21. The molecule has 0 fully saturated rings. The van der Waals surface area contributed by atoms with Gasteiger partial charge in [-0.15, -0.1) is 0 Å². The first-order chi connectivity index (χ1) is 11.1. The van der Waals surface area contributed by atoms with Gasteiger partial charge in [-0.05, 0) is 43.9 Å². The Labute approximate surface area is 141 Å². The molecule has 5 heteroatoms. The Morgan fingerprint density at radius 3 is 2.74 bits per heavy atom. The van der Waals surface area contributed by atoms with Gasteiger partial charge in [0.25, 0.3) is 0 Å². The van der Waals surface area contributed by atoms with E-state index in [1.54, 1.807) is 16.8 Å². The zero-order valence-electron chi connectivity index (χ0n) is 13.4. The van der Waals surface area contributed by atoms with E-state index in [1.165, 1.54) is 0 Å². The summed E-state index contributed by atoms with van der Waals surface area (Å²) in [5.41, 5.74) is 2.42. The summed E-state index contributed by atoms with van der Waals surface area (Å²) >= 11 is 6.05. The number of carboxylic acid groups (broad SMARTS) is 1. The third-order valence-electron chi connectivity index (χ3n) is 3.61. The lowest BCUT2D eigenvalue weighted by molar-refractivity contribution is 0.0694. The second-order valence-corrected chi connectivity index (χ2v) is 5.67. The van der Waals surface area contributed by atoms with Crippen LogP contribution in [-0.4, -0.2) is 20.9 Å². The molecule has 4 nitrogen and oxygen atoms in total. The van der Waals surface area contributed by atoms with Crippen molar-refractivity contribution in [3.8, 4) is 5.69 Å². The van der Waals surface area contributed by atoms with E-state index < -0.39 is 5.97 Å². The number of benzene rings is 1. The summed E-state index contributed by atoms with van der Waals surface area (Å²) in [6, 6.07) is 7.29. The molecule has 0 radical (unpaired) electrons. The van der Waals surface area contributed by atoms with Gasteiger partial charge in [0.15, 0.2) is 0 Å². The van der Waals surface area contributed by atoms with Crippen molar-refractivity contribution in [1.82, 2.24) is 9.78 Å². The van der Waals surface area contributed by atoms with Crippen molar-refractivity contribution in [3.05, 3.63) is 58.4 Å². The number of carbonyl (C=O) groups is 1. The van der Waals surface area contributed by atoms with E-state index in [2.05, 4.69) is 24.2 Å². The van der Waals surface area contributed by atoms with E-state index in [9.17, 15) is 9.90 Å². The number of allylic oxidation sites excluding steroid dienone is 2. The molecule has 1 heterocycles. The standard InChI is InChI=1S/C18H21ClN2O2/c1-3-5-6-7-11-15-17(18(22)23)16(4-2)21(20-15)14-10-8-9-13(19)12-14/h5-6,8-10,12H,3-4,7,11H2,1-2H3,(H,22,23). The zero-order chi connectivity index (χ0) is 16.8. The van der Waals surface area contributed by atoms with E-state index in [-0.39, 0.29) is 0 Å². The summed E-state index contributed by atoms with van der Waals surface area (Å²) in [5.74, 6) is -0.926. The summed E-state index contributed by atoms with van der Waals surface area (Å²) in [4.78, 5) is 11.7. The predicted molar refractivity (Wildman–Crippen MR) is 92.7 cm³/mol. The molecular formula is C18H21ClN2O2. The molecular weight excluding hydrogens is 312 g/mol. The highest BCUT2D eigenvalue weighted by Gasteiger charge is 2.22. The lowest BCUT2D eigenvalue weighted by atomic mass is 10.1. The van der Waals surface area contributed by atoms with Gasteiger partial charge in [-0.2, -0.15) is 5.10 Å². The number of nitrogens with zero attached hydrogens (tertiary/aromatic N) is 2. The molecule has 23 heavy (non-hydrogen) atoms. The van der Waals surface area contributed by atoms with Crippen LogP contribution < -0.4 is 0 Å². The molecule has 0 amide bonds. The summed E-state index contributed by atoms with van der Waals surface area (Å²) in [7, 11) is 0. The topological polar surface area (TPSA) is 55.1 Å². The number of aromatic nitrogens is 2. The predicted octanol–water partition coefficient (Wildman–Crippen LogP) is 4.69. The fourth-order valence-electron chi connectivity index (χ4n) is 2.58. The zero-order valence-corrected chi connectivity index (χ0v) is 14.2. The van der Waals surface area contributed by atoms with E-state index >= 15 is 0 Å². The molecule has 1 N–H and O–H groups in total. The van der Waals surface area contributed by atoms with Crippen molar-refractivity contribution >= 4 is 17.6 Å². The monoisotopic (exact) mass is 332 g/mol. The maximum Gasteiger partial charge on any atom is 0.339 e. The van der Waals surface area contributed by atoms with Gasteiger partial charge in [0.05, 0.1) is 17.1 Å². The Kier molecular flexibility index (Phi) is 5.99. The Morgan fingerprint density at radius 1 is 1.35 bits per heavy atom. The number of carboxylic acids is 1. The minimum atomic E-state index is -0.926. The van der Waals surface area contributed by atoms with Gasteiger partial charge in [-0.25, -0.2) is 9.48 Å². The molecule has 0 spiro atoms. The second-order valence-electron chi connectivity index (χ2n) is 5.24. The Morgan fingerprint density at radius 2 is 2.13 bits per heavy atom. The average Bonchev–Trinajstić information content (AvgIpc) is 2.90. The maximum atomic E-state index is 11.7. The molecule has 2 aromatic rings. The lowest BCUT2D eigenvalue weighted by Crippen LogP contribution is -2.06. The summed E-state index contributed by atoms with van der Waals surface area (Å²) in [6.07, 6.45) is 7.10. The van der Waals surface area contributed by atoms with Crippen LogP contribution in [-0.2, 0) is 12.8 Å². The molecule has 0 atom stereocenters. The molecule has 0 unspecified atom stereocenters. The number of rotatable bonds is 7. The van der Waals surface area contributed by atoms with Crippen molar-refractivity contribution < 1.29 is 9.90 Å². The fourth-order valence-corrected chi connectivity index (χ4v) is 2.76. The third-order valence-corrected chi connectivity index (χ3v) is 3.84. The number of aromatic carboxylic acids is 1. The number of halogens is 1. The van der Waals surface area contributed by atoms with Crippen LogP contribution >= 0.6 is 11.6 Å². The highest BCUT2D eigenvalue weighted by atomic mass is 35.5. The first kappa shape index (κ1) is 17.3. The molecule has 2 rings (SSSR count).